The molecule has 3 nitrogen and oxygen atoms in total. The average molecular weight is 309 g/mol. The van der Waals surface area contributed by atoms with Crippen LogP contribution < -0.4 is 0 Å². The Labute approximate surface area is 116 Å². The van der Waals surface area contributed by atoms with Crippen molar-refractivity contribution in [3.05, 3.63) is 51.8 Å². The Morgan fingerprint density at radius 3 is 2.89 bits per heavy atom. The summed E-state index contributed by atoms with van der Waals surface area (Å²) in [6.07, 6.45) is 2.09. The molecule has 2 aromatic rings. The monoisotopic (exact) mass is 308 g/mol. The van der Waals surface area contributed by atoms with Gasteiger partial charge >= 0.3 is 0 Å². The van der Waals surface area contributed by atoms with Crippen LogP contribution in [0.2, 0.25) is 0 Å². The lowest BCUT2D eigenvalue weighted by atomic mass is 10.0. The van der Waals surface area contributed by atoms with E-state index in [0.29, 0.717) is 0 Å². The van der Waals surface area contributed by atoms with Crippen molar-refractivity contribution >= 4 is 15.9 Å². The summed E-state index contributed by atoms with van der Waals surface area (Å²) in [5.74, 6) is 0. The summed E-state index contributed by atoms with van der Waals surface area (Å²) in [6.45, 7) is 4.94. The van der Waals surface area contributed by atoms with Gasteiger partial charge in [0.05, 0.1) is 5.69 Å². The van der Waals surface area contributed by atoms with Gasteiger partial charge in [-0.25, -0.2) is 0 Å². The predicted octanol–water partition coefficient (Wildman–Crippen LogP) is 3.45. The standard InChI is InChI=1S/C14H17BrN2O/c1-3-9-17-12(7-8-16-17)14(18)11-6-4-5-10(2)13(11)15/h4-8,14,18H,3,9H2,1-2H3. The highest BCUT2D eigenvalue weighted by Crippen LogP contribution is 2.30. The maximum absolute atomic E-state index is 10.5. The zero-order valence-corrected chi connectivity index (χ0v) is 12.2. The van der Waals surface area contributed by atoms with Crippen molar-refractivity contribution in [3.63, 3.8) is 0 Å². The molecule has 1 aromatic heterocycles. The molecular weight excluding hydrogens is 292 g/mol. The minimum absolute atomic E-state index is 0.645. The first-order valence-corrected chi connectivity index (χ1v) is 6.89. The van der Waals surface area contributed by atoms with E-state index in [0.717, 1.165) is 34.3 Å². The van der Waals surface area contributed by atoms with Crippen LogP contribution in [-0.4, -0.2) is 14.9 Å². The van der Waals surface area contributed by atoms with Crippen molar-refractivity contribution < 1.29 is 5.11 Å². The van der Waals surface area contributed by atoms with Gasteiger partial charge in [-0.05, 0) is 25.0 Å². The summed E-state index contributed by atoms with van der Waals surface area (Å²) >= 11 is 3.54. The van der Waals surface area contributed by atoms with Crippen molar-refractivity contribution in [2.24, 2.45) is 0 Å². The van der Waals surface area contributed by atoms with Gasteiger partial charge in [0.15, 0.2) is 0 Å². The van der Waals surface area contributed by atoms with E-state index in [9.17, 15) is 5.11 Å². The summed E-state index contributed by atoms with van der Waals surface area (Å²) in [4.78, 5) is 0. The Balaban J connectivity index is 2.38. The molecule has 0 aliphatic heterocycles. The second-order valence-corrected chi connectivity index (χ2v) is 5.15. The second-order valence-electron chi connectivity index (χ2n) is 4.36. The van der Waals surface area contributed by atoms with Gasteiger partial charge in [0, 0.05) is 22.8 Å². The third kappa shape index (κ3) is 2.49. The third-order valence-corrected chi connectivity index (χ3v) is 4.06. The van der Waals surface area contributed by atoms with Crippen LogP contribution in [0.5, 0.6) is 0 Å². The van der Waals surface area contributed by atoms with Gasteiger partial charge in [-0.1, -0.05) is 41.1 Å². The number of aryl methyl sites for hydroxylation is 2. The number of halogens is 1. The molecule has 1 aromatic carbocycles. The molecule has 0 amide bonds. The summed E-state index contributed by atoms with van der Waals surface area (Å²) in [7, 11) is 0. The van der Waals surface area contributed by atoms with E-state index in [1.807, 2.05) is 35.9 Å². The number of aliphatic hydroxyl groups is 1. The van der Waals surface area contributed by atoms with Gasteiger partial charge in [-0.3, -0.25) is 4.68 Å². The molecule has 0 aliphatic rings. The Kier molecular flexibility index (Phi) is 4.19. The Bertz CT molecular complexity index is 536. The highest BCUT2D eigenvalue weighted by molar-refractivity contribution is 9.10. The lowest BCUT2D eigenvalue weighted by Gasteiger charge is -2.16. The number of nitrogens with zero attached hydrogens (tertiary/aromatic N) is 2. The molecule has 0 aliphatic carbocycles. The number of hydrogen-bond donors (Lipinski definition) is 1. The predicted molar refractivity (Wildman–Crippen MR) is 75.5 cm³/mol. The van der Waals surface area contributed by atoms with Gasteiger partial charge in [-0.15, -0.1) is 0 Å². The number of aromatic nitrogens is 2. The van der Waals surface area contributed by atoms with E-state index in [-0.39, 0.29) is 0 Å². The number of benzene rings is 1. The topological polar surface area (TPSA) is 38.0 Å². The summed E-state index contributed by atoms with van der Waals surface area (Å²) < 4.78 is 2.82. The molecule has 0 radical (unpaired) electrons. The quantitative estimate of drug-likeness (QED) is 0.939. The average Bonchev–Trinajstić information content (AvgIpc) is 2.80. The maximum Gasteiger partial charge on any atom is 0.122 e. The van der Waals surface area contributed by atoms with Crippen molar-refractivity contribution in [2.45, 2.75) is 32.9 Å². The fourth-order valence-corrected chi connectivity index (χ4v) is 2.50. The fourth-order valence-electron chi connectivity index (χ4n) is 2.01. The molecular formula is C14H17BrN2O. The van der Waals surface area contributed by atoms with Crippen molar-refractivity contribution in [1.82, 2.24) is 9.78 Å². The van der Waals surface area contributed by atoms with E-state index < -0.39 is 6.10 Å². The van der Waals surface area contributed by atoms with Crippen LogP contribution in [0, 0.1) is 6.92 Å². The summed E-state index contributed by atoms with van der Waals surface area (Å²) in [6, 6.07) is 7.78. The SMILES string of the molecule is CCCn1nccc1C(O)c1cccc(C)c1Br. The number of hydrogen-bond acceptors (Lipinski definition) is 2. The Morgan fingerprint density at radius 1 is 1.39 bits per heavy atom. The van der Waals surface area contributed by atoms with Crippen LogP contribution in [0.4, 0.5) is 0 Å². The lowest BCUT2D eigenvalue weighted by molar-refractivity contribution is 0.206. The molecule has 1 N–H and O–H groups in total. The molecule has 0 saturated carbocycles. The molecule has 0 fully saturated rings. The molecule has 1 unspecified atom stereocenters. The van der Waals surface area contributed by atoms with Gasteiger partial charge in [0.1, 0.15) is 6.10 Å². The molecule has 1 atom stereocenters. The van der Waals surface area contributed by atoms with E-state index in [1.54, 1.807) is 6.20 Å². The lowest BCUT2D eigenvalue weighted by Crippen LogP contribution is -2.10. The van der Waals surface area contributed by atoms with Crippen LogP contribution in [0.25, 0.3) is 0 Å². The first-order chi connectivity index (χ1) is 8.65. The van der Waals surface area contributed by atoms with Gasteiger partial charge < -0.3 is 5.11 Å². The second kappa shape index (κ2) is 5.67. The normalized spacial score (nSPS) is 12.7. The molecule has 2 rings (SSSR count). The maximum atomic E-state index is 10.5. The van der Waals surface area contributed by atoms with Gasteiger partial charge in [0.25, 0.3) is 0 Å². The zero-order chi connectivity index (χ0) is 13.1. The summed E-state index contributed by atoms with van der Waals surface area (Å²) in [5.41, 5.74) is 2.84. The zero-order valence-electron chi connectivity index (χ0n) is 10.6. The molecule has 0 saturated heterocycles. The van der Waals surface area contributed by atoms with Crippen molar-refractivity contribution in [3.8, 4) is 0 Å². The van der Waals surface area contributed by atoms with Gasteiger partial charge in [-0.2, -0.15) is 5.10 Å². The first kappa shape index (κ1) is 13.3. The number of aliphatic hydroxyl groups excluding tert-OH is 1. The molecule has 18 heavy (non-hydrogen) atoms. The minimum atomic E-state index is -0.645. The molecule has 96 valence electrons. The molecule has 4 heteroatoms. The third-order valence-electron chi connectivity index (χ3n) is 2.98. The van der Waals surface area contributed by atoms with Crippen LogP contribution in [0.15, 0.2) is 34.9 Å². The van der Waals surface area contributed by atoms with Crippen LogP contribution in [0.1, 0.15) is 36.3 Å². The largest absolute Gasteiger partial charge is 0.382 e. The first-order valence-electron chi connectivity index (χ1n) is 6.10. The highest BCUT2D eigenvalue weighted by Gasteiger charge is 2.18. The molecule has 0 bridgehead atoms. The number of rotatable bonds is 4. The van der Waals surface area contributed by atoms with Crippen molar-refractivity contribution in [2.75, 3.05) is 0 Å². The fraction of sp³-hybridized carbons (Fsp3) is 0.357. The smallest absolute Gasteiger partial charge is 0.122 e. The van der Waals surface area contributed by atoms with Crippen LogP contribution in [-0.2, 0) is 6.54 Å². The van der Waals surface area contributed by atoms with E-state index in [4.69, 9.17) is 0 Å². The Morgan fingerprint density at radius 2 is 2.17 bits per heavy atom. The highest BCUT2D eigenvalue weighted by atomic mass is 79.9. The van der Waals surface area contributed by atoms with Crippen molar-refractivity contribution in [1.29, 1.82) is 0 Å². The summed E-state index contributed by atoms with van der Waals surface area (Å²) in [5, 5.41) is 14.7. The van der Waals surface area contributed by atoms with Crippen LogP contribution in [0.3, 0.4) is 0 Å². The van der Waals surface area contributed by atoms with Gasteiger partial charge in [0.2, 0.25) is 0 Å². The van der Waals surface area contributed by atoms with E-state index in [1.165, 1.54) is 0 Å². The van der Waals surface area contributed by atoms with E-state index in [2.05, 4.69) is 28.0 Å². The molecule has 1 heterocycles. The van der Waals surface area contributed by atoms with Crippen LogP contribution >= 0.6 is 15.9 Å². The minimum Gasteiger partial charge on any atom is -0.382 e. The molecule has 0 spiro atoms. The Hall–Kier alpha value is -1.13. The van der Waals surface area contributed by atoms with E-state index >= 15 is 0 Å².